The van der Waals surface area contributed by atoms with Crippen LogP contribution in [0.2, 0.25) is 0 Å². The monoisotopic (exact) mass is 446 g/mol. The lowest BCUT2D eigenvalue weighted by Crippen LogP contribution is -2.41. The topological polar surface area (TPSA) is 42.0 Å². The Morgan fingerprint density at radius 1 is 0.906 bits per heavy atom. The number of hydrogen-bond donors (Lipinski definition) is 0. The van der Waals surface area contributed by atoms with Crippen molar-refractivity contribution < 1.29 is 14.3 Å². The van der Waals surface area contributed by atoms with Crippen LogP contribution >= 0.6 is 0 Å². The van der Waals surface area contributed by atoms with Crippen LogP contribution in [0.25, 0.3) is 0 Å². The molecule has 0 atom stereocenters. The Morgan fingerprint density at radius 2 is 1.56 bits per heavy atom. The fourth-order valence-corrected chi connectivity index (χ4v) is 4.40. The van der Waals surface area contributed by atoms with Gasteiger partial charge in [-0.05, 0) is 70.6 Å². The molecule has 1 aliphatic rings. The normalized spacial score (nSPS) is 18.6. The zero-order valence-electron chi connectivity index (χ0n) is 20.8. The van der Waals surface area contributed by atoms with E-state index < -0.39 is 0 Å². The van der Waals surface area contributed by atoms with Crippen molar-refractivity contribution in [3.8, 4) is 0 Å². The van der Waals surface area contributed by atoms with Crippen LogP contribution in [0.15, 0.2) is 30.3 Å². The summed E-state index contributed by atoms with van der Waals surface area (Å²) in [6.07, 6.45) is 13.1. The maximum Gasteiger partial charge on any atom is 0.410 e. The van der Waals surface area contributed by atoms with E-state index in [1.54, 1.807) is 4.90 Å². The Labute approximate surface area is 196 Å². The molecule has 2 rings (SSSR count). The van der Waals surface area contributed by atoms with Crippen LogP contribution in [0.3, 0.4) is 0 Å². The van der Waals surface area contributed by atoms with Gasteiger partial charge in [0.25, 0.3) is 0 Å². The van der Waals surface area contributed by atoms with E-state index in [0.29, 0.717) is 12.7 Å². The Bertz CT molecular complexity index is 602. The van der Waals surface area contributed by atoms with E-state index in [2.05, 4.69) is 18.9 Å². The predicted octanol–water partition coefficient (Wildman–Crippen LogP) is 6.27. The second-order valence-electron chi connectivity index (χ2n) is 9.38. The summed E-state index contributed by atoms with van der Waals surface area (Å²) in [7, 11) is 4.11. The summed E-state index contributed by atoms with van der Waals surface area (Å²) in [4.78, 5) is 16.6. The molecule has 32 heavy (non-hydrogen) atoms. The maximum absolute atomic E-state index is 12.4. The molecule has 1 fully saturated rings. The van der Waals surface area contributed by atoms with Gasteiger partial charge in [-0.1, -0.05) is 62.9 Å². The smallest absolute Gasteiger partial charge is 0.410 e. The first-order valence-electron chi connectivity index (χ1n) is 12.8. The van der Waals surface area contributed by atoms with E-state index in [-0.39, 0.29) is 12.1 Å². The average molecular weight is 447 g/mol. The second-order valence-corrected chi connectivity index (χ2v) is 9.38. The third-order valence-corrected chi connectivity index (χ3v) is 6.62. The van der Waals surface area contributed by atoms with Gasteiger partial charge in [0.2, 0.25) is 0 Å². The number of amides is 1. The molecule has 0 N–H and O–H groups in total. The molecule has 5 nitrogen and oxygen atoms in total. The van der Waals surface area contributed by atoms with Crippen LogP contribution in [-0.2, 0) is 16.1 Å². The number of rotatable bonds is 15. The van der Waals surface area contributed by atoms with Gasteiger partial charge in [-0.3, -0.25) is 0 Å². The molecule has 1 aromatic carbocycles. The minimum absolute atomic E-state index is 0.228. The maximum atomic E-state index is 12.4. The summed E-state index contributed by atoms with van der Waals surface area (Å²) in [5.74, 6) is 0. The number of unbranched alkanes of at least 4 members (excludes halogenated alkanes) is 5. The van der Waals surface area contributed by atoms with Gasteiger partial charge in [0.1, 0.15) is 6.61 Å². The lowest BCUT2D eigenvalue weighted by Gasteiger charge is -2.34. The van der Waals surface area contributed by atoms with E-state index in [1.165, 1.54) is 51.6 Å². The molecule has 0 bridgehead atoms. The van der Waals surface area contributed by atoms with Crippen molar-refractivity contribution in [3.63, 3.8) is 0 Å². The highest BCUT2D eigenvalue weighted by Gasteiger charge is 2.27. The van der Waals surface area contributed by atoms with Gasteiger partial charge < -0.3 is 19.3 Å². The van der Waals surface area contributed by atoms with Crippen LogP contribution in [0.5, 0.6) is 0 Å². The third kappa shape index (κ3) is 10.8. The fourth-order valence-electron chi connectivity index (χ4n) is 4.40. The van der Waals surface area contributed by atoms with E-state index in [1.807, 2.05) is 37.4 Å². The first-order chi connectivity index (χ1) is 15.6. The van der Waals surface area contributed by atoms with Crippen LogP contribution < -0.4 is 0 Å². The zero-order valence-corrected chi connectivity index (χ0v) is 20.8. The molecule has 0 aliphatic heterocycles. The molecule has 0 aromatic heterocycles. The lowest BCUT2D eigenvalue weighted by molar-refractivity contribution is 0.00692. The summed E-state index contributed by atoms with van der Waals surface area (Å²) in [5.41, 5.74) is 1.02. The Kier molecular flexibility index (Phi) is 13.4. The summed E-state index contributed by atoms with van der Waals surface area (Å²) in [5, 5.41) is 0. The number of carbonyl (C=O) groups is 1. The minimum Gasteiger partial charge on any atom is -0.445 e. The first kappa shape index (κ1) is 26.7. The number of ether oxygens (including phenoxy) is 2. The van der Waals surface area contributed by atoms with Gasteiger partial charge in [0.15, 0.2) is 0 Å². The van der Waals surface area contributed by atoms with Crippen LogP contribution in [-0.4, -0.2) is 61.8 Å². The molecule has 1 aromatic rings. The Morgan fingerprint density at radius 3 is 2.25 bits per heavy atom. The van der Waals surface area contributed by atoms with Crippen molar-refractivity contribution in [2.45, 2.75) is 96.3 Å². The SMILES string of the molecule is CCCCCN(C)CCCCCCOC1CCC(N(C)C(=O)OCc2ccccc2)CC1. The molecule has 0 spiro atoms. The van der Waals surface area contributed by atoms with Crippen LogP contribution in [0.1, 0.15) is 83.1 Å². The van der Waals surface area contributed by atoms with Gasteiger partial charge >= 0.3 is 6.09 Å². The van der Waals surface area contributed by atoms with Crippen LogP contribution in [0.4, 0.5) is 4.79 Å². The number of carbonyl (C=O) groups excluding carboxylic acids is 1. The highest BCUT2D eigenvalue weighted by molar-refractivity contribution is 5.67. The molecule has 0 heterocycles. The van der Waals surface area contributed by atoms with Crippen molar-refractivity contribution in [3.05, 3.63) is 35.9 Å². The first-order valence-corrected chi connectivity index (χ1v) is 12.8. The molecule has 1 saturated carbocycles. The molecule has 0 radical (unpaired) electrons. The molecule has 0 unspecified atom stereocenters. The highest BCUT2D eigenvalue weighted by Crippen LogP contribution is 2.25. The summed E-state index contributed by atoms with van der Waals surface area (Å²) in [6, 6.07) is 10.1. The standard InChI is InChI=1S/C27H46N2O3/c1-4-5-11-20-28(2)21-12-6-7-13-22-31-26-18-16-25(17-19-26)29(3)27(30)32-23-24-14-9-8-10-15-24/h8-10,14-15,25-26H,4-7,11-13,16-23H2,1-3H3. The second kappa shape index (κ2) is 16.1. The quantitative estimate of drug-likeness (QED) is 0.298. The molecular formula is C27H46N2O3. The van der Waals surface area contributed by atoms with Gasteiger partial charge in [-0.25, -0.2) is 4.79 Å². The van der Waals surface area contributed by atoms with Crippen molar-refractivity contribution in [1.82, 2.24) is 9.80 Å². The summed E-state index contributed by atoms with van der Waals surface area (Å²) < 4.78 is 11.6. The molecule has 0 saturated heterocycles. The Balaban J connectivity index is 1.48. The Hall–Kier alpha value is -1.59. The summed E-state index contributed by atoms with van der Waals surface area (Å²) in [6.45, 7) is 5.92. The van der Waals surface area contributed by atoms with E-state index in [9.17, 15) is 4.79 Å². The molecule has 1 aliphatic carbocycles. The minimum atomic E-state index is -0.228. The number of benzene rings is 1. The van der Waals surface area contributed by atoms with E-state index in [4.69, 9.17) is 9.47 Å². The molecule has 182 valence electrons. The zero-order chi connectivity index (χ0) is 23.0. The summed E-state index contributed by atoms with van der Waals surface area (Å²) >= 11 is 0. The predicted molar refractivity (Wildman–Crippen MR) is 132 cm³/mol. The lowest BCUT2D eigenvalue weighted by atomic mass is 9.92. The van der Waals surface area contributed by atoms with Crippen molar-refractivity contribution in [2.75, 3.05) is 33.8 Å². The van der Waals surface area contributed by atoms with Gasteiger partial charge in [-0.2, -0.15) is 0 Å². The molecule has 5 heteroatoms. The largest absolute Gasteiger partial charge is 0.445 e. The van der Waals surface area contributed by atoms with E-state index in [0.717, 1.165) is 44.3 Å². The van der Waals surface area contributed by atoms with Crippen molar-refractivity contribution >= 4 is 6.09 Å². The average Bonchev–Trinajstić information content (AvgIpc) is 2.82. The van der Waals surface area contributed by atoms with E-state index >= 15 is 0 Å². The molecular weight excluding hydrogens is 400 g/mol. The van der Waals surface area contributed by atoms with Crippen LogP contribution in [0, 0.1) is 0 Å². The number of hydrogen-bond acceptors (Lipinski definition) is 4. The van der Waals surface area contributed by atoms with Crippen molar-refractivity contribution in [2.24, 2.45) is 0 Å². The number of nitrogens with zero attached hydrogens (tertiary/aromatic N) is 2. The highest BCUT2D eigenvalue weighted by atomic mass is 16.6. The van der Waals surface area contributed by atoms with Gasteiger partial charge in [0.05, 0.1) is 6.10 Å². The third-order valence-electron chi connectivity index (χ3n) is 6.62. The fraction of sp³-hybridized carbons (Fsp3) is 0.741. The van der Waals surface area contributed by atoms with Gasteiger partial charge in [-0.15, -0.1) is 0 Å². The van der Waals surface area contributed by atoms with Crippen molar-refractivity contribution in [1.29, 1.82) is 0 Å². The van der Waals surface area contributed by atoms with Gasteiger partial charge in [0, 0.05) is 19.7 Å². The molecule has 1 amide bonds.